The Morgan fingerprint density at radius 1 is 1.23 bits per heavy atom. The molecule has 0 bridgehead atoms. The molecule has 9 nitrogen and oxygen atoms in total. The maximum Gasteiger partial charge on any atom is 0.176 e. The molecule has 1 aliphatic heterocycles. The highest BCUT2D eigenvalue weighted by atomic mass is 31.2. The van der Waals surface area contributed by atoms with E-state index in [1.807, 2.05) is 24.3 Å². The Morgan fingerprint density at radius 2 is 2.03 bits per heavy atom. The van der Waals surface area contributed by atoms with Crippen molar-refractivity contribution < 1.29 is 14.4 Å². The molecule has 35 heavy (non-hydrogen) atoms. The van der Waals surface area contributed by atoms with Crippen LogP contribution in [0.5, 0.6) is 5.75 Å². The zero-order valence-electron chi connectivity index (χ0n) is 20.2. The van der Waals surface area contributed by atoms with Gasteiger partial charge in [-0.05, 0) is 25.0 Å². The van der Waals surface area contributed by atoms with Gasteiger partial charge in [-0.2, -0.15) is 5.26 Å². The maximum absolute atomic E-state index is 11.5. The van der Waals surface area contributed by atoms with Crippen molar-refractivity contribution in [2.24, 2.45) is 0 Å². The van der Waals surface area contributed by atoms with Crippen molar-refractivity contribution in [1.29, 1.82) is 5.26 Å². The van der Waals surface area contributed by atoms with E-state index in [0.29, 0.717) is 35.9 Å². The van der Waals surface area contributed by atoms with Crippen LogP contribution in [0.2, 0.25) is 0 Å². The summed E-state index contributed by atoms with van der Waals surface area (Å²) in [6, 6.07) is 10.8. The number of nitriles is 1. The monoisotopic (exact) mass is 495 g/mol. The van der Waals surface area contributed by atoms with Crippen molar-refractivity contribution in [1.82, 2.24) is 14.9 Å². The van der Waals surface area contributed by atoms with E-state index in [9.17, 15) is 10.2 Å². The smallest absolute Gasteiger partial charge is 0.176 e. The lowest BCUT2D eigenvalue weighted by molar-refractivity contribution is 0.211. The number of aromatic nitrogens is 2. The van der Waals surface area contributed by atoms with Crippen LogP contribution in [-0.4, -0.2) is 78.6 Å². The van der Waals surface area contributed by atoms with E-state index in [2.05, 4.69) is 31.6 Å². The molecule has 4 N–H and O–H groups in total. The van der Waals surface area contributed by atoms with E-state index in [1.54, 1.807) is 20.4 Å². The van der Waals surface area contributed by atoms with E-state index in [1.165, 1.54) is 12.8 Å². The molecule has 1 aliphatic carbocycles. The number of benzene rings is 1. The summed E-state index contributed by atoms with van der Waals surface area (Å²) in [5.41, 5.74) is 2.71. The number of fused-ring (bicyclic) bond motifs is 1. The fourth-order valence-corrected chi connectivity index (χ4v) is 7.39. The second kappa shape index (κ2) is 10.00. The van der Waals surface area contributed by atoms with E-state index in [4.69, 9.17) is 9.47 Å². The molecule has 0 amide bonds. The first-order valence-electron chi connectivity index (χ1n) is 12.0. The maximum atomic E-state index is 11.5. The molecule has 2 fully saturated rings. The second-order valence-corrected chi connectivity index (χ2v) is 12.4. The van der Waals surface area contributed by atoms with Gasteiger partial charge in [0.2, 0.25) is 0 Å². The van der Waals surface area contributed by atoms with Crippen LogP contribution in [0.25, 0.3) is 11.0 Å². The molecule has 0 unspecified atom stereocenters. The largest absolute Gasteiger partial charge is 0.494 e. The van der Waals surface area contributed by atoms with Crippen LogP contribution in [0.3, 0.4) is 0 Å². The molecular formula is C25H32N6O3P+. The van der Waals surface area contributed by atoms with Crippen molar-refractivity contribution in [3.8, 4) is 11.8 Å². The van der Waals surface area contributed by atoms with Crippen LogP contribution in [0.1, 0.15) is 18.4 Å². The average molecular weight is 496 g/mol. The number of hydrogen-bond acceptors (Lipinski definition) is 8. The van der Waals surface area contributed by atoms with Crippen LogP contribution >= 0.6 is 7.49 Å². The summed E-state index contributed by atoms with van der Waals surface area (Å²) in [4.78, 5) is 21.8. The Balaban J connectivity index is 1.39. The van der Waals surface area contributed by atoms with Gasteiger partial charge in [0, 0.05) is 51.1 Å². The highest BCUT2D eigenvalue weighted by molar-refractivity contribution is 7.77. The zero-order valence-corrected chi connectivity index (χ0v) is 21.1. The number of ether oxygens (including phenoxy) is 2. The molecule has 2 aliphatic rings. The second-order valence-electron chi connectivity index (χ2n) is 9.16. The van der Waals surface area contributed by atoms with Crippen LogP contribution in [0, 0.1) is 11.3 Å². The number of pyridine rings is 1. The molecule has 1 saturated heterocycles. The molecule has 5 rings (SSSR count). The van der Waals surface area contributed by atoms with Crippen molar-refractivity contribution in [2.45, 2.75) is 18.9 Å². The molecule has 1 saturated carbocycles. The highest BCUT2D eigenvalue weighted by Crippen LogP contribution is 2.56. The van der Waals surface area contributed by atoms with Crippen LogP contribution in [-0.2, 0) is 4.74 Å². The first kappa shape index (κ1) is 23.8. The number of methoxy groups -OCH3 is 2. The number of nitrogens with zero attached hydrogens (tertiary/aromatic N) is 3. The number of hydrogen-bond donors (Lipinski definition) is 4. The van der Waals surface area contributed by atoms with Gasteiger partial charge in [-0.25, -0.2) is 9.88 Å². The minimum Gasteiger partial charge on any atom is -0.494 e. The lowest BCUT2D eigenvalue weighted by Crippen LogP contribution is -2.40. The van der Waals surface area contributed by atoms with E-state index >= 15 is 0 Å². The lowest BCUT2D eigenvalue weighted by atomic mass is 10.2. The summed E-state index contributed by atoms with van der Waals surface area (Å²) >= 11 is 0. The van der Waals surface area contributed by atoms with Gasteiger partial charge in [0.25, 0.3) is 0 Å². The topological polar surface area (TPSA) is 118 Å². The number of H-pyrrole nitrogens is 1. The third-order valence-corrected chi connectivity index (χ3v) is 10.0. The fraction of sp³-hybridized carbons (Fsp3) is 0.440. The van der Waals surface area contributed by atoms with Gasteiger partial charge in [0.1, 0.15) is 40.9 Å². The molecule has 0 spiro atoms. The van der Waals surface area contributed by atoms with Crippen molar-refractivity contribution in [2.75, 3.05) is 63.4 Å². The van der Waals surface area contributed by atoms with Crippen LogP contribution in [0.4, 0.5) is 17.2 Å². The number of nitrogens with one attached hydrogen (secondary N) is 3. The van der Waals surface area contributed by atoms with Gasteiger partial charge in [0.05, 0.1) is 36.0 Å². The Morgan fingerprint density at radius 3 is 2.71 bits per heavy atom. The summed E-state index contributed by atoms with van der Waals surface area (Å²) in [5.74, 6) is 1.28. The molecule has 0 radical (unpaired) electrons. The molecule has 1 aromatic carbocycles. The van der Waals surface area contributed by atoms with Crippen LogP contribution in [0.15, 0.2) is 30.5 Å². The Kier molecular flexibility index (Phi) is 6.81. The van der Waals surface area contributed by atoms with E-state index in [-0.39, 0.29) is 0 Å². The summed E-state index contributed by atoms with van der Waals surface area (Å²) < 4.78 is 10.9. The standard InChI is InChI=1S/C25H32N6O3P/c1-33-10-7-27-21-14-23(30-25-24(21)17(15-26)16-28-25)29-20-6-5-19(13-22(20)34-2)35(32)11-8-31(9-12-35)18-3-4-18/h5-6,13-14,16,18,32H,3-4,7-12H2,1-2H3,(H3,27,28,29,30)/q+1. The third-order valence-electron chi connectivity index (χ3n) is 6.89. The molecular weight excluding hydrogens is 463 g/mol. The van der Waals surface area contributed by atoms with Crippen molar-refractivity contribution in [3.63, 3.8) is 0 Å². The van der Waals surface area contributed by atoms with Gasteiger partial charge in [0.15, 0.2) is 7.49 Å². The predicted molar refractivity (Wildman–Crippen MR) is 141 cm³/mol. The van der Waals surface area contributed by atoms with Gasteiger partial charge < -0.3 is 25.1 Å². The molecule has 10 heteroatoms. The van der Waals surface area contributed by atoms with Gasteiger partial charge in [-0.15, -0.1) is 0 Å². The average Bonchev–Trinajstić information content (AvgIpc) is 3.64. The molecule has 0 atom stereocenters. The zero-order chi connectivity index (χ0) is 24.4. The minimum absolute atomic E-state index is 0.533. The Bertz CT molecular complexity index is 1240. The van der Waals surface area contributed by atoms with Crippen molar-refractivity contribution in [3.05, 3.63) is 36.0 Å². The lowest BCUT2D eigenvalue weighted by Gasteiger charge is -2.32. The van der Waals surface area contributed by atoms with Gasteiger partial charge in [-0.1, -0.05) is 0 Å². The SMILES string of the molecule is COCCNc1cc(Nc2ccc([P+]3(O)CCN(C4CC4)CC3)cc2OC)nc2[nH]cc(C#N)c12. The number of rotatable bonds is 9. The summed E-state index contributed by atoms with van der Waals surface area (Å²) in [7, 11) is 1.10. The summed E-state index contributed by atoms with van der Waals surface area (Å²) in [6.07, 6.45) is 5.94. The van der Waals surface area contributed by atoms with Crippen molar-refractivity contribution >= 4 is 41.0 Å². The number of aromatic amines is 1. The third kappa shape index (κ3) is 4.93. The van der Waals surface area contributed by atoms with E-state index in [0.717, 1.165) is 53.5 Å². The quantitative estimate of drug-likeness (QED) is 0.264. The van der Waals surface area contributed by atoms with Gasteiger partial charge in [-0.3, -0.25) is 4.90 Å². The first-order chi connectivity index (χ1) is 17.0. The predicted octanol–water partition coefficient (Wildman–Crippen LogP) is 3.27. The summed E-state index contributed by atoms with van der Waals surface area (Å²) in [5, 5.41) is 17.9. The highest BCUT2D eigenvalue weighted by Gasteiger charge is 2.45. The molecule has 2 aromatic heterocycles. The van der Waals surface area contributed by atoms with E-state index < -0.39 is 7.49 Å². The summed E-state index contributed by atoms with van der Waals surface area (Å²) in [6.45, 7) is 3.09. The number of anilines is 3. The molecule has 184 valence electrons. The Hall–Kier alpha value is -2.89. The molecule has 3 aromatic rings. The molecule has 3 heterocycles. The van der Waals surface area contributed by atoms with Gasteiger partial charge >= 0.3 is 0 Å². The Labute approximate surface area is 205 Å². The minimum atomic E-state index is -2.19. The van der Waals surface area contributed by atoms with Crippen LogP contribution < -0.4 is 20.7 Å². The fourth-order valence-electron chi connectivity index (χ4n) is 4.77. The normalized spacial score (nSPS) is 17.8. The first-order valence-corrected chi connectivity index (χ1v) is 14.1.